The lowest BCUT2D eigenvalue weighted by Crippen LogP contribution is -2.10. The number of hydrogen-bond acceptors (Lipinski definition) is 3. The summed E-state index contributed by atoms with van der Waals surface area (Å²) in [6, 6.07) is 0. The molecule has 0 bridgehead atoms. The van der Waals surface area contributed by atoms with Gasteiger partial charge in [-0.15, -0.1) is 11.8 Å². The van der Waals surface area contributed by atoms with Crippen LogP contribution >= 0.6 is 23.4 Å². The molecule has 0 aliphatic carbocycles. The van der Waals surface area contributed by atoms with Crippen LogP contribution in [0.15, 0.2) is 6.20 Å². The van der Waals surface area contributed by atoms with E-state index in [0.717, 1.165) is 11.6 Å². The van der Waals surface area contributed by atoms with Crippen molar-refractivity contribution in [2.45, 2.75) is 18.1 Å². The first-order valence-electron chi connectivity index (χ1n) is 3.64. The van der Waals surface area contributed by atoms with E-state index in [4.69, 9.17) is 17.3 Å². The lowest BCUT2D eigenvalue weighted by molar-refractivity contribution is 0.848. The van der Waals surface area contributed by atoms with Crippen molar-refractivity contribution in [3.63, 3.8) is 0 Å². The Balaban J connectivity index is 2.58. The molecular weight excluding hydrogens is 194 g/mol. The minimum absolute atomic E-state index is 0.139. The summed E-state index contributed by atoms with van der Waals surface area (Å²) in [5.41, 5.74) is 5.59. The fourth-order valence-corrected chi connectivity index (χ4v) is 1.59. The van der Waals surface area contributed by atoms with Gasteiger partial charge in [0, 0.05) is 12.4 Å². The molecule has 1 aromatic rings. The van der Waals surface area contributed by atoms with Gasteiger partial charge in [-0.3, -0.25) is 0 Å². The Bertz CT molecular complexity index is 259. The van der Waals surface area contributed by atoms with E-state index in [1.807, 2.05) is 18.5 Å². The summed E-state index contributed by atoms with van der Waals surface area (Å²) in [6.45, 7) is 1.95. The van der Waals surface area contributed by atoms with Gasteiger partial charge in [-0.25, -0.2) is 4.98 Å². The Labute approximate surface area is 81.3 Å². The molecule has 0 fully saturated rings. The summed E-state index contributed by atoms with van der Waals surface area (Å²) >= 11 is 7.45. The van der Waals surface area contributed by atoms with Crippen molar-refractivity contribution in [3.05, 3.63) is 17.2 Å². The van der Waals surface area contributed by atoms with E-state index >= 15 is 0 Å². The van der Waals surface area contributed by atoms with Crippen LogP contribution in [0, 0.1) is 0 Å². The molecule has 1 aromatic heterocycles. The summed E-state index contributed by atoms with van der Waals surface area (Å²) < 4.78 is 1.86. The van der Waals surface area contributed by atoms with Crippen LogP contribution in [0.25, 0.3) is 0 Å². The summed E-state index contributed by atoms with van der Waals surface area (Å²) in [4.78, 5) is 4.14. The molecule has 1 rings (SSSR count). The predicted octanol–water partition coefficient (Wildman–Crippen LogP) is 1.61. The second kappa shape index (κ2) is 4.16. The van der Waals surface area contributed by atoms with Crippen LogP contribution in [0.1, 0.15) is 12.7 Å². The van der Waals surface area contributed by atoms with Crippen molar-refractivity contribution in [2.75, 3.05) is 0 Å². The van der Waals surface area contributed by atoms with Crippen molar-refractivity contribution in [1.29, 1.82) is 0 Å². The number of nitrogens with two attached hydrogens (primary N) is 1. The summed E-state index contributed by atoms with van der Waals surface area (Å²) in [5, 5.41) is 0.802. The van der Waals surface area contributed by atoms with Crippen LogP contribution in [-0.4, -0.2) is 14.9 Å². The average molecular weight is 206 g/mol. The van der Waals surface area contributed by atoms with Crippen LogP contribution in [0.2, 0.25) is 5.15 Å². The Morgan fingerprint density at radius 3 is 2.92 bits per heavy atom. The Morgan fingerprint density at radius 1 is 1.83 bits per heavy atom. The number of hydrogen-bond donors (Lipinski definition) is 1. The highest BCUT2D eigenvalue weighted by molar-refractivity contribution is 7.99. The molecule has 1 unspecified atom stereocenters. The molecule has 12 heavy (non-hydrogen) atoms. The summed E-state index contributed by atoms with van der Waals surface area (Å²) in [7, 11) is 1.90. The molecule has 0 saturated heterocycles. The van der Waals surface area contributed by atoms with Gasteiger partial charge in [0.25, 0.3) is 0 Å². The standard InChI is InChI=1S/C7H12ClN3S/c1-5(9)12-4-7-10-3-6(8)11(7)2/h3,5H,4,9H2,1-2H3. The number of halogens is 1. The first-order chi connectivity index (χ1) is 5.61. The van der Waals surface area contributed by atoms with Gasteiger partial charge in [-0.2, -0.15) is 0 Å². The van der Waals surface area contributed by atoms with Gasteiger partial charge in [0.2, 0.25) is 0 Å². The highest BCUT2D eigenvalue weighted by Crippen LogP contribution is 2.16. The van der Waals surface area contributed by atoms with Crippen molar-refractivity contribution < 1.29 is 0 Å². The van der Waals surface area contributed by atoms with Crippen molar-refractivity contribution >= 4 is 23.4 Å². The molecule has 1 heterocycles. The first kappa shape index (κ1) is 9.89. The monoisotopic (exact) mass is 205 g/mol. The third kappa shape index (κ3) is 2.40. The van der Waals surface area contributed by atoms with E-state index in [-0.39, 0.29) is 5.37 Å². The SMILES string of the molecule is CC(N)SCc1ncc(Cl)n1C. The van der Waals surface area contributed by atoms with E-state index in [9.17, 15) is 0 Å². The van der Waals surface area contributed by atoms with Gasteiger partial charge in [-0.05, 0) is 6.92 Å². The van der Waals surface area contributed by atoms with Crippen LogP contribution in [-0.2, 0) is 12.8 Å². The third-order valence-corrected chi connectivity index (χ3v) is 2.80. The average Bonchev–Trinajstić information content (AvgIpc) is 2.30. The smallest absolute Gasteiger partial charge is 0.128 e. The molecule has 5 heteroatoms. The molecule has 0 aromatic carbocycles. The molecule has 2 N–H and O–H groups in total. The number of aromatic nitrogens is 2. The Hall–Kier alpha value is -0.190. The second-order valence-electron chi connectivity index (χ2n) is 2.57. The number of nitrogens with zero attached hydrogens (tertiary/aromatic N) is 2. The Morgan fingerprint density at radius 2 is 2.50 bits per heavy atom. The molecule has 0 amide bonds. The number of thioether (sulfide) groups is 1. The minimum atomic E-state index is 0.139. The zero-order chi connectivity index (χ0) is 9.14. The van der Waals surface area contributed by atoms with E-state index < -0.39 is 0 Å². The van der Waals surface area contributed by atoms with Gasteiger partial charge in [0.05, 0.1) is 11.9 Å². The highest BCUT2D eigenvalue weighted by atomic mass is 35.5. The molecule has 0 spiro atoms. The fourth-order valence-electron chi connectivity index (χ4n) is 0.764. The molecule has 1 atom stereocenters. The lowest BCUT2D eigenvalue weighted by Gasteiger charge is -2.04. The van der Waals surface area contributed by atoms with E-state index in [0.29, 0.717) is 5.15 Å². The van der Waals surface area contributed by atoms with Crippen LogP contribution in [0.4, 0.5) is 0 Å². The molecule has 68 valence electrons. The van der Waals surface area contributed by atoms with Gasteiger partial charge >= 0.3 is 0 Å². The van der Waals surface area contributed by atoms with E-state index in [2.05, 4.69) is 4.98 Å². The highest BCUT2D eigenvalue weighted by Gasteiger charge is 2.04. The quantitative estimate of drug-likeness (QED) is 0.763. The van der Waals surface area contributed by atoms with Crippen molar-refractivity contribution in [3.8, 4) is 0 Å². The topological polar surface area (TPSA) is 43.8 Å². The van der Waals surface area contributed by atoms with Gasteiger partial charge < -0.3 is 10.3 Å². The third-order valence-electron chi connectivity index (χ3n) is 1.50. The van der Waals surface area contributed by atoms with Crippen LogP contribution < -0.4 is 5.73 Å². The van der Waals surface area contributed by atoms with Crippen LogP contribution in [0.5, 0.6) is 0 Å². The minimum Gasteiger partial charge on any atom is -0.322 e. The van der Waals surface area contributed by atoms with Crippen molar-refractivity contribution in [2.24, 2.45) is 12.8 Å². The van der Waals surface area contributed by atoms with Gasteiger partial charge in [0.1, 0.15) is 11.0 Å². The maximum Gasteiger partial charge on any atom is 0.128 e. The molecular formula is C7H12ClN3S. The van der Waals surface area contributed by atoms with Crippen molar-refractivity contribution in [1.82, 2.24) is 9.55 Å². The normalized spacial score (nSPS) is 13.3. The van der Waals surface area contributed by atoms with Crippen LogP contribution in [0.3, 0.4) is 0 Å². The summed E-state index contributed by atoms with van der Waals surface area (Å²) in [5.74, 6) is 1.77. The maximum atomic E-state index is 5.80. The molecule has 0 saturated carbocycles. The second-order valence-corrected chi connectivity index (χ2v) is 4.33. The van der Waals surface area contributed by atoms with E-state index in [1.54, 1.807) is 18.0 Å². The zero-order valence-corrected chi connectivity index (χ0v) is 8.69. The largest absolute Gasteiger partial charge is 0.322 e. The van der Waals surface area contributed by atoms with Gasteiger partial charge in [0.15, 0.2) is 0 Å². The van der Waals surface area contributed by atoms with Gasteiger partial charge in [-0.1, -0.05) is 11.6 Å². The lowest BCUT2D eigenvalue weighted by atomic mass is 10.7. The fraction of sp³-hybridized carbons (Fsp3) is 0.571. The molecule has 0 aliphatic rings. The molecule has 0 aliphatic heterocycles. The molecule has 3 nitrogen and oxygen atoms in total. The zero-order valence-electron chi connectivity index (χ0n) is 7.12. The summed E-state index contributed by atoms with van der Waals surface area (Å²) in [6.07, 6.45) is 1.65. The first-order valence-corrected chi connectivity index (χ1v) is 5.07. The predicted molar refractivity (Wildman–Crippen MR) is 53.2 cm³/mol. The Kier molecular flexibility index (Phi) is 3.43. The number of imidazole rings is 1. The number of rotatable bonds is 3. The van der Waals surface area contributed by atoms with E-state index in [1.165, 1.54) is 0 Å². The molecule has 0 radical (unpaired) electrons. The maximum absolute atomic E-state index is 5.80.